The molecule has 2 N–H and O–H groups in total. The van der Waals surface area contributed by atoms with Gasteiger partial charge in [0, 0.05) is 22.2 Å². The number of benzene rings is 1. The molecule has 0 fully saturated rings. The number of pyridine rings is 1. The van der Waals surface area contributed by atoms with Crippen LogP contribution >= 0.6 is 43.5 Å². The van der Waals surface area contributed by atoms with Crippen molar-refractivity contribution in [2.45, 2.75) is 0 Å². The average Bonchev–Trinajstić information content (AvgIpc) is 2.43. The molecule has 0 spiro atoms. The van der Waals surface area contributed by atoms with Gasteiger partial charge in [0.2, 0.25) is 0 Å². The lowest BCUT2D eigenvalue weighted by Gasteiger charge is -2.10. The quantitative estimate of drug-likeness (QED) is 0.767. The fourth-order valence-corrected chi connectivity index (χ4v) is 2.43. The molecule has 0 bridgehead atoms. The maximum atomic E-state index is 12.3. The fourth-order valence-electron chi connectivity index (χ4n) is 1.53. The number of aromatic nitrogens is 1. The van der Waals surface area contributed by atoms with E-state index in [-0.39, 0.29) is 5.91 Å². The van der Waals surface area contributed by atoms with E-state index in [4.69, 9.17) is 11.6 Å². The number of nitrogens with one attached hydrogen (secondary N) is 2. The number of hydrogen-bond donors (Lipinski definition) is 2. The lowest BCUT2D eigenvalue weighted by molar-refractivity contribution is 0.102. The summed E-state index contributed by atoms with van der Waals surface area (Å²) in [5, 5.41) is 5.97. The Morgan fingerprint density at radius 3 is 2.75 bits per heavy atom. The van der Waals surface area contributed by atoms with E-state index in [0.717, 1.165) is 8.95 Å². The Bertz CT molecular complexity index is 664. The first kappa shape index (κ1) is 15.3. The monoisotopic (exact) mass is 417 g/mol. The van der Waals surface area contributed by atoms with Crippen LogP contribution in [0.2, 0.25) is 5.02 Å². The number of halogens is 3. The summed E-state index contributed by atoms with van der Waals surface area (Å²) >= 11 is 12.8. The summed E-state index contributed by atoms with van der Waals surface area (Å²) in [6.07, 6.45) is 1.44. The van der Waals surface area contributed by atoms with E-state index in [1.807, 2.05) is 12.1 Å². The Morgan fingerprint density at radius 2 is 2.05 bits per heavy atom. The number of rotatable bonds is 3. The minimum atomic E-state index is -0.298. The fraction of sp³-hybridized carbons (Fsp3) is 0.0769. The maximum absolute atomic E-state index is 12.3. The maximum Gasteiger partial charge on any atom is 0.257 e. The minimum absolute atomic E-state index is 0.298. The van der Waals surface area contributed by atoms with Gasteiger partial charge in [0.15, 0.2) is 0 Å². The highest BCUT2D eigenvalue weighted by atomic mass is 79.9. The van der Waals surface area contributed by atoms with Crippen molar-refractivity contribution in [1.29, 1.82) is 0 Å². The highest BCUT2D eigenvalue weighted by Crippen LogP contribution is 2.27. The number of hydrogen-bond acceptors (Lipinski definition) is 3. The highest BCUT2D eigenvalue weighted by Gasteiger charge is 2.13. The van der Waals surface area contributed by atoms with Crippen LogP contribution in [0.1, 0.15) is 10.4 Å². The second-order valence-electron chi connectivity index (χ2n) is 3.88. The van der Waals surface area contributed by atoms with Gasteiger partial charge in [-0.15, -0.1) is 0 Å². The smallest absolute Gasteiger partial charge is 0.257 e. The standard InChI is InChI=1S/C13H10Br2ClN3O/c1-17-12-5-8(10(16)6-18-12)13(20)19-11-4-7(14)2-3-9(11)15/h2-6H,1H3,(H,17,18)(H,19,20). The van der Waals surface area contributed by atoms with Crippen LogP contribution in [0.4, 0.5) is 11.5 Å². The van der Waals surface area contributed by atoms with Crippen LogP contribution < -0.4 is 10.6 Å². The molecule has 0 atom stereocenters. The Kier molecular flexibility index (Phi) is 5.01. The molecular weight excluding hydrogens is 409 g/mol. The molecule has 7 heteroatoms. The molecule has 1 amide bonds. The first-order valence-electron chi connectivity index (χ1n) is 5.61. The molecule has 1 heterocycles. The summed E-state index contributed by atoms with van der Waals surface area (Å²) in [6.45, 7) is 0. The van der Waals surface area contributed by atoms with E-state index in [0.29, 0.717) is 22.1 Å². The molecule has 1 aromatic carbocycles. The third kappa shape index (κ3) is 3.50. The number of carbonyl (C=O) groups excluding carboxylic acids is 1. The summed E-state index contributed by atoms with van der Waals surface area (Å²) < 4.78 is 1.65. The molecule has 4 nitrogen and oxygen atoms in total. The third-order valence-electron chi connectivity index (χ3n) is 2.53. The molecule has 0 unspecified atom stereocenters. The predicted molar refractivity (Wildman–Crippen MR) is 88.6 cm³/mol. The predicted octanol–water partition coefficient (Wildman–Crippen LogP) is 4.55. The number of carbonyl (C=O) groups is 1. The van der Waals surface area contributed by atoms with E-state index >= 15 is 0 Å². The van der Waals surface area contributed by atoms with Gasteiger partial charge in [-0.1, -0.05) is 27.5 Å². The van der Waals surface area contributed by atoms with Crippen molar-refractivity contribution >= 4 is 60.9 Å². The molecule has 0 aliphatic heterocycles. The average molecular weight is 420 g/mol. The topological polar surface area (TPSA) is 54.0 Å². The molecule has 0 radical (unpaired) electrons. The van der Waals surface area contributed by atoms with E-state index in [2.05, 4.69) is 47.5 Å². The molecule has 0 saturated heterocycles. The Morgan fingerprint density at radius 1 is 1.30 bits per heavy atom. The summed E-state index contributed by atoms with van der Waals surface area (Å²) in [4.78, 5) is 16.3. The van der Waals surface area contributed by atoms with Gasteiger partial charge in [0.1, 0.15) is 5.82 Å². The van der Waals surface area contributed by atoms with Crippen LogP contribution in [0.15, 0.2) is 39.4 Å². The molecule has 2 rings (SSSR count). The van der Waals surface area contributed by atoms with Crippen LogP contribution in [0, 0.1) is 0 Å². The van der Waals surface area contributed by atoms with Crippen molar-refractivity contribution in [2.75, 3.05) is 17.7 Å². The normalized spacial score (nSPS) is 10.2. The molecule has 20 heavy (non-hydrogen) atoms. The summed E-state index contributed by atoms with van der Waals surface area (Å²) in [6, 6.07) is 7.12. The first-order valence-corrected chi connectivity index (χ1v) is 7.57. The molecule has 2 aromatic rings. The van der Waals surface area contributed by atoms with Crippen LogP contribution in [0.25, 0.3) is 0 Å². The summed E-state index contributed by atoms with van der Waals surface area (Å²) in [7, 11) is 1.73. The van der Waals surface area contributed by atoms with Gasteiger partial charge in [-0.3, -0.25) is 4.79 Å². The second-order valence-corrected chi connectivity index (χ2v) is 6.05. The van der Waals surface area contributed by atoms with Crippen LogP contribution in [0.5, 0.6) is 0 Å². The number of amides is 1. The SMILES string of the molecule is CNc1cc(C(=O)Nc2cc(Br)ccc2Br)c(Cl)cn1. The van der Waals surface area contributed by atoms with Gasteiger partial charge < -0.3 is 10.6 Å². The van der Waals surface area contributed by atoms with Crippen molar-refractivity contribution in [3.8, 4) is 0 Å². The summed E-state index contributed by atoms with van der Waals surface area (Å²) in [5.41, 5.74) is 1.01. The van der Waals surface area contributed by atoms with Gasteiger partial charge in [-0.25, -0.2) is 4.98 Å². The molecule has 1 aromatic heterocycles. The van der Waals surface area contributed by atoms with Crippen LogP contribution in [0.3, 0.4) is 0 Å². The van der Waals surface area contributed by atoms with Crippen molar-refractivity contribution in [3.05, 3.63) is 50.0 Å². The van der Waals surface area contributed by atoms with Crippen molar-refractivity contribution in [3.63, 3.8) is 0 Å². The molecule has 0 aliphatic carbocycles. The van der Waals surface area contributed by atoms with Crippen molar-refractivity contribution in [2.24, 2.45) is 0 Å². The lowest BCUT2D eigenvalue weighted by atomic mass is 10.2. The van der Waals surface area contributed by atoms with Gasteiger partial charge in [0.25, 0.3) is 5.91 Å². The molecule has 104 valence electrons. The van der Waals surface area contributed by atoms with E-state index < -0.39 is 0 Å². The zero-order chi connectivity index (χ0) is 14.7. The highest BCUT2D eigenvalue weighted by molar-refractivity contribution is 9.11. The van der Waals surface area contributed by atoms with Gasteiger partial charge >= 0.3 is 0 Å². The van der Waals surface area contributed by atoms with Crippen LogP contribution in [-0.4, -0.2) is 17.9 Å². The molecular formula is C13H10Br2ClN3O. The zero-order valence-electron chi connectivity index (χ0n) is 10.4. The van der Waals surface area contributed by atoms with E-state index in [1.165, 1.54) is 6.20 Å². The van der Waals surface area contributed by atoms with Gasteiger partial charge in [0.05, 0.1) is 16.3 Å². The lowest BCUT2D eigenvalue weighted by Crippen LogP contribution is -2.13. The molecule has 0 aliphatic rings. The van der Waals surface area contributed by atoms with E-state index in [1.54, 1.807) is 19.2 Å². The van der Waals surface area contributed by atoms with Crippen molar-refractivity contribution in [1.82, 2.24) is 4.98 Å². The minimum Gasteiger partial charge on any atom is -0.373 e. The van der Waals surface area contributed by atoms with Gasteiger partial charge in [-0.05, 0) is 40.2 Å². The summed E-state index contributed by atoms with van der Waals surface area (Å²) in [5.74, 6) is 0.278. The Balaban J connectivity index is 2.30. The first-order chi connectivity index (χ1) is 9.51. The van der Waals surface area contributed by atoms with Crippen molar-refractivity contribution < 1.29 is 4.79 Å². The van der Waals surface area contributed by atoms with E-state index in [9.17, 15) is 4.79 Å². The Labute approximate surface area is 138 Å². The Hall–Kier alpha value is -1.11. The number of anilines is 2. The van der Waals surface area contributed by atoms with Crippen LogP contribution in [-0.2, 0) is 0 Å². The third-order valence-corrected chi connectivity index (χ3v) is 4.02. The number of nitrogens with zero attached hydrogens (tertiary/aromatic N) is 1. The largest absolute Gasteiger partial charge is 0.373 e. The second kappa shape index (κ2) is 6.56. The zero-order valence-corrected chi connectivity index (χ0v) is 14.3. The molecule has 0 saturated carbocycles. The van der Waals surface area contributed by atoms with Gasteiger partial charge in [-0.2, -0.15) is 0 Å².